The molecule has 1 N–H and O–H groups in total. The van der Waals surface area contributed by atoms with E-state index in [1.165, 1.54) is 0 Å². The minimum atomic E-state index is -0.319. The van der Waals surface area contributed by atoms with Crippen molar-refractivity contribution in [3.8, 4) is 0 Å². The number of hydrogen-bond acceptors (Lipinski definition) is 5. The van der Waals surface area contributed by atoms with Gasteiger partial charge in [-0.3, -0.25) is 4.90 Å². The maximum Gasteiger partial charge on any atom is 0.170 e. The highest BCUT2D eigenvalue weighted by Crippen LogP contribution is 2.38. The van der Waals surface area contributed by atoms with Crippen molar-refractivity contribution < 1.29 is 14.2 Å². The van der Waals surface area contributed by atoms with Gasteiger partial charge in [0.15, 0.2) is 5.79 Å². The molecule has 2 aliphatic heterocycles. The zero-order valence-corrected chi connectivity index (χ0v) is 13.0. The molecule has 1 spiro atoms. The molecule has 3 aliphatic rings. The van der Waals surface area contributed by atoms with Gasteiger partial charge in [-0.15, -0.1) is 0 Å². The predicted molar refractivity (Wildman–Crippen MR) is 76.7 cm³/mol. The van der Waals surface area contributed by atoms with Crippen LogP contribution >= 0.6 is 0 Å². The van der Waals surface area contributed by atoms with Gasteiger partial charge in [0.25, 0.3) is 0 Å². The first-order valence-electron chi connectivity index (χ1n) is 7.87. The summed E-state index contributed by atoms with van der Waals surface area (Å²) >= 11 is 0. The summed E-state index contributed by atoms with van der Waals surface area (Å²) in [6.07, 6.45) is 3.08. The molecule has 2 atom stereocenters. The lowest BCUT2D eigenvalue weighted by molar-refractivity contribution is -0.201. The Morgan fingerprint density at radius 3 is 2.50 bits per heavy atom. The van der Waals surface area contributed by atoms with Gasteiger partial charge in [-0.1, -0.05) is 0 Å². The average molecular weight is 284 g/mol. The summed E-state index contributed by atoms with van der Waals surface area (Å²) in [5.74, 6) is -0.319. The number of nitrogens with one attached hydrogen (secondary N) is 1. The second kappa shape index (κ2) is 5.54. The maximum atomic E-state index is 5.94. The van der Waals surface area contributed by atoms with E-state index in [1.807, 2.05) is 0 Å². The summed E-state index contributed by atoms with van der Waals surface area (Å²) in [5, 5.41) is 3.49. The summed E-state index contributed by atoms with van der Waals surface area (Å²) < 4.78 is 17.7. The smallest absolute Gasteiger partial charge is 0.170 e. The van der Waals surface area contributed by atoms with Crippen LogP contribution < -0.4 is 5.32 Å². The van der Waals surface area contributed by atoms with E-state index in [0.29, 0.717) is 12.1 Å². The second-order valence-electron chi connectivity index (χ2n) is 6.89. The molecule has 0 bridgehead atoms. The number of morpholine rings is 1. The van der Waals surface area contributed by atoms with Crippen molar-refractivity contribution in [2.75, 3.05) is 40.0 Å². The molecule has 2 saturated heterocycles. The lowest BCUT2D eigenvalue weighted by Crippen LogP contribution is -2.61. The highest BCUT2D eigenvalue weighted by Gasteiger charge is 2.47. The van der Waals surface area contributed by atoms with Crippen molar-refractivity contribution in [2.45, 2.75) is 56.6 Å². The van der Waals surface area contributed by atoms with Crippen LogP contribution in [0.2, 0.25) is 0 Å². The first kappa shape index (κ1) is 14.7. The Morgan fingerprint density at radius 1 is 1.10 bits per heavy atom. The molecule has 20 heavy (non-hydrogen) atoms. The molecule has 5 heteroatoms. The summed E-state index contributed by atoms with van der Waals surface area (Å²) in [6.45, 7) is 8.63. The van der Waals surface area contributed by atoms with Crippen LogP contribution in [0.3, 0.4) is 0 Å². The number of ether oxygens (including phenoxy) is 3. The molecule has 3 rings (SSSR count). The Labute approximate surface area is 121 Å². The van der Waals surface area contributed by atoms with Crippen molar-refractivity contribution in [1.82, 2.24) is 10.2 Å². The van der Waals surface area contributed by atoms with E-state index >= 15 is 0 Å². The van der Waals surface area contributed by atoms with E-state index in [9.17, 15) is 0 Å². The van der Waals surface area contributed by atoms with Crippen LogP contribution in [0.15, 0.2) is 0 Å². The Balaban J connectivity index is 1.73. The van der Waals surface area contributed by atoms with Gasteiger partial charge < -0.3 is 19.5 Å². The van der Waals surface area contributed by atoms with E-state index in [1.54, 1.807) is 0 Å². The lowest BCUT2D eigenvalue weighted by Gasteiger charge is -2.49. The third kappa shape index (κ3) is 2.88. The van der Waals surface area contributed by atoms with E-state index in [2.05, 4.69) is 31.1 Å². The maximum absolute atomic E-state index is 5.94. The minimum Gasteiger partial charge on any atom is -0.373 e. The van der Waals surface area contributed by atoms with Crippen LogP contribution in [0.25, 0.3) is 0 Å². The van der Waals surface area contributed by atoms with E-state index in [-0.39, 0.29) is 11.4 Å². The molecule has 0 aromatic carbocycles. The minimum absolute atomic E-state index is 0.0570. The zero-order valence-electron chi connectivity index (χ0n) is 13.0. The van der Waals surface area contributed by atoms with Gasteiger partial charge in [0.2, 0.25) is 0 Å². The largest absolute Gasteiger partial charge is 0.373 e. The van der Waals surface area contributed by atoms with Crippen molar-refractivity contribution in [1.29, 1.82) is 0 Å². The molecule has 5 nitrogen and oxygen atoms in total. The number of likely N-dealkylation sites (N-methyl/N-ethyl adjacent to an activating group) is 1. The number of rotatable bonds is 2. The van der Waals surface area contributed by atoms with Crippen molar-refractivity contribution in [2.24, 2.45) is 0 Å². The monoisotopic (exact) mass is 284 g/mol. The van der Waals surface area contributed by atoms with Gasteiger partial charge in [-0.25, -0.2) is 0 Å². The fraction of sp³-hybridized carbons (Fsp3) is 1.00. The molecule has 0 aromatic rings. The first-order chi connectivity index (χ1) is 9.54. The molecule has 1 aliphatic carbocycles. The quantitative estimate of drug-likeness (QED) is 0.819. The third-order valence-electron chi connectivity index (χ3n) is 4.93. The van der Waals surface area contributed by atoms with E-state index in [0.717, 1.165) is 52.2 Å². The Kier molecular flexibility index (Phi) is 4.08. The van der Waals surface area contributed by atoms with Crippen LogP contribution in [-0.4, -0.2) is 68.3 Å². The predicted octanol–water partition coefficient (Wildman–Crippen LogP) is 0.981. The Bertz CT molecular complexity index is 342. The highest BCUT2D eigenvalue weighted by molar-refractivity contribution is 4.98. The molecular weight excluding hydrogens is 256 g/mol. The van der Waals surface area contributed by atoms with Gasteiger partial charge in [0.05, 0.1) is 25.4 Å². The molecule has 0 amide bonds. The lowest BCUT2D eigenvalue weighted by atomic mass is 9.84. The molecule has 1 saturated carbocycles. The zero-order chi connectivity index (χ0) is 14.2. The topological polar surface area (TPSA) is 43.0 Å². The normalized spacial score (nSPS) is 37.4. The fourth-order valence-electron chi connectivity index (χ4n) is 3.95. The summed E-state index contributed by atoms with van der Waals surface area (Å²) in [7, 11) is 2.07. The van der Waals surface area contributed by atoms with Gasteiger partial charge in [-0.2, -0.15) is 0 Å². The van der Waals surface area contributed by atoms with Crippen LogP contribution in [0.1, 0.15) is 33.1 Å². The molecule has 3 fully saturated rings. The molecule has 116 valence electrons. The molecule has 2 heterocycles. The van der Waals surface area contributed by atoms with Crippen molar-refractivity contribution >= 4 is 0 Å². The van der Waals surface area contributed by atoms with Crippen molar-refractivity contribution in [3.63, 3.8) is 0 Å². The summed E-state index contributed by atoms with van der Waals surface area (Å²) in [5.41, 5.74) is -0.0570. The Morgan fingerprint density at radius 2 is 1.85 bits per heavy atom. The standard InChI is InChI=1S/C15H28N2O3/c1-14(2)11-17(6-7-18-14)13-10-15(19-8-9-20-15)5-4-12(13)16-3/h12-13,16H,4-11H2,1-3H3. The fourth-order valence-corrected chi connectivity index (χ4v) is 3.95. The van der Waals surface area contributed by atoms with Gasteiger partial charge in [0, 0.05) is 38.0 Å². The average Bonchev–Trinajstić information content (AvgIpc) is 2.86. The second-order valence-corrected chi connectivity index (χ2v) is 6.89. The van der Waals surface area contributed by atoms with Gasteiger partial charge in [-0.05, 0) is 27.3 Å². The molecule has 0 aromatic heterocycles. The van der Waals surface area contributed by atoms with Crippen molar-refractivity contribution in [3.05, 3.63) is 0 Å². The van der Waals surface area contributed by atoms with Crippen LogP contribution in [0.4, 0.5) is 0 Å². The number of nitrogens with zero attached hydrogens (tertiary/aromatic N) is 1. The van der Waals surface area contributed by atoms with Crippen LogP contribution in [0, 0.1) is 0 Å². The Hall–Kier alpha value is -0.200. The van der Waals surface area contributed by atoms with E-state index in [4.69, 9.17) is 14.2 Å². The van der Waals surface area contributed by atoms with E-state index < -0.39 is 0 Å². The highest BCUT2D eigenvalue weighted by atomic mass is 16.7. The molecular formula is C15H28N2O3. The summed E-state index contributed by atoms with van der Waals surface area (Å²) in [6, 6.07) is 0.984. The van der Waals surface area contributed by atoms with Gasteiger partial charge in [0.1, 0.15) is 0 Å². The number of hydrogen-bond donors (Lipinski definition) is 1. The molecule has 0 radical (unpaired) electrons. The van der Waals surface area contributed by atoms with Crippen LogP contribution in [0.5, 0.6) is 0 Å². The van der Waals surface area contributed by atoms with Gasteiger partial charge >= 0.3 is 0 Å². The third-order valence-corrected chi connectivity index (χ3v) is 4.93. The molecule has 2 unspecified atom stereocenters. The SMILES string of the molecule is CNC1CCC2(CC1N1CCOC(C)(C)C1)OCCO2. The first-order valence-corrected chi connectivity index (χ1v) is 7.87. The van der Waals surface area contributed by atoms with Crippen LogP contribution in [-0.2, 0) is 14.2 Å². The summed E-state index contributed by atoms with van der Waals surface area (Å²) in [4.78, 5) is 2.57.